The fourth-order valence-corrected chi connectivity index (χ4v) is 2.79. The maximum atomic E-state index is 6.10. The third-order valence-electron chi connectivity index (χ3n) is 3.26. The number of para-hydroxylation sites is 1. The van der Waals surface area contributed by atoms with Gasteiger partial charge in [0.05, 0.1) is 17.3 Å². The largest absolute Gasteiger partial charge is 0.331 e. The molecule has 0 atom stereocenters. The lowest BCUT2D eigenvalue weighted by Crippen LogP contribution is -2.19. The van der Waals surface area contributed by atoms with Crippen LogP contribution < -0.4 is 10.6 Å². The number of rotatable bonds is 4. The number of aromatic nitrogens is 2. The van der Waals surface area contributed by atoms with Crippen LogP contribution >= 0.6 is 39.7 Å². The highest BCUT2D eigenvalue weighted by Crippen LogP contribution is 2.20. The molecule has 0 bridgehead atoms. The van der Waals surface area contributed by atoms with Gasteiger partial charge in [-0.25, -0.2) is 0 Å². The second-order valence-electron chi connectivity index (χ2n) is 5.08. The van der Waals surface area contributed by atoms with Crippen LogP contribution in [0.3, 0.4) is 0 Å². The molecule has 3 rings (SSSR count). The zero-order valence-corrected chi connectivity index (χ0v) is 15.7. The van der Waals surface area contributed by atoms with Crippen LogP contribution in [-0.2, 0) is 6.54 Å². The fraction of sp³-hybridized carbons (Fsp3) is 0.0588. The van der Waals surface area contributed by atoms with Gasteiger partial charge >= 0.3 is 0 Å². The molecule has 3 aromatic rings. The molecule has 0 saturated carbocycles. The summed E-state index contributed by atoms with van der Waals surface area (Å²) in [5, 5.41) is 11.6. The Morgan fingerprint density at radius 1 is 1.08 bits per heavy atom. The van der Waals surface area contributed by atoms with E-state index in [1.165, 1.54) is 5.56 Å². The zero-order valence-electron chi connectivity index (χ0n) is 12.5. The molecule has 1 heterocycles. The molecule has 0 spiro atoms. The first-order chi connectivity index (χ1) is 11.6. The van der Waals surface area contributed by atoms with E-state index in [9.17, 15) is 0 Å². The molecule has 0 radical (unpaired) electrons. The van der Waals surface area contributed by atoms with Crippen molar-refractivity contribution in [3.8, 4) is 0 Å². The van der Waals surface area contributed by atoms with Gasteiger partial charge in [0.15, 0.2) is 10.9 Å². The topological polar surface area (TPSA) is 41.9 Å². The average Bonchev–Trinajstić information content (AvgIpc) is 2.99. The maximum absolute atomic E-state index is 6.10. The number of halogens is 2. The first-order valence-corrected chi connectivity index (χ1v) is 8.78. The quantitative estimate of drug-likeness (QED) is 0.571. The van der Waals surface area contributed by atoms with Crippen molar-refractivity contribution in [2.24, 2.45) is 0 Å². The van der Waals surface area contributed by atoms with Crippen LogP contribution in [0, 0.1) is 0 Å². The summed E-state index contributed by atoms with van der Waals surface area (Å²) in [5.41, 5.74) is 1.93. The smallest absolute Gasteiger partial charge is 0.176 e. The Hall–Kier alpha value is -1.89. The van der Waals surface area contributed by atoms with Crippen LogP contribution in [-0.4, -0.2) is 14.9 Å². The Labute approximate surface area is 159 Å². The van der Waals surface area contributed by atoms with Gasteiger partial charge in [0.1, 0.15) is 0 Å². The van der Waals surface area contributed by atoms with E-state index in [1.807, 2.05) is 47.3 Å². The summed E-state index contributed by atoms with van der Waals surface area (Å²) >= 11 is 14.8. The van der Waals surface area contributed by atoms with Gasteiger partial charge in [0.2, 0.25) is 0 Å². The summed E-state index contributed by atoms with van der Waals surface area (Å²) in [6, 6.07) is 17.4. The lowest BCUT2D eigenvalue weighted by Gasteiger charge is -2.09. The van der Waals surface area contributed by atoms with Crippen molar-refractivity contribution in [2.45, 2.75) is 6.54 Å². The standard InChI is InChI=1S/C17H14BrClN4S/c18-13-7-5-12(6-8-13)11-23-10-9-16(22-23)21-17(24)20-15-4-2-1-3-14(15)19/h1-10H,11H2,(H2,20,21,22,24). The second-order valence-corrected chi connectivity index (χ2v) is 6.82. The molecule has 122 valence electrons. The molecule has 24 heavy (non-hydrogen) atoms. The van der Waals surface area contributed by atoms with Gasteiger partial charge in [-0.3, -0.25) is 4.68 Å². The number of hydrogen-bond acceptors (Lipinski definition) is 2. The third-order valence-corrected chi connectivity index (χ3v) is 4.32. The van der Waals surface area contributed by atoms with E-state index in [1.54, 1.807) is 6.07 Å². The SMILES string of the molecule is S=C(Nc1ccn(Cc2ccc(Br)cc2)n1)Nc1ccccc1Cl. The predicted molar refractivity (Wildman–Crippen MR) is 107 cm³/mol. The summed E-state index contributed by atoms with van der Waals surface area (Å²) < 4.78 is 2.91. The molecule has 2 aromatic carbocycles. The Morgan fingerprint density at radius 3 is 2.58 bits per heavy atom. The van der Waals surface area contributed by atoms with Gasteiger partial charge in [-0.2, -0.15) is 5.10 Å². The fourth-order valence-electron chi connectivity index (χ4n) is 2.13. The summed E-state index contributed by atoms with van der Waals surface area (Å²) in [7, 11) is 0. The van der Waals surface area contributed by atoms with Crippen molar-refractivity contribution < 1.29 is 0 Å². The first kappa shape index (κ1) is 17.0. The second kappa shape index (κ2) is 7.79. The number of nitrogens with zero attached hydrogens (tertiary/aromatic N) is 2. The lowest BCUT2D eigenvalue weighted by atomic mass is 10.2. The monoisotopic (exact) mass is 420 g/mol. The summed E-state index contributed by atoms with van der Waals surface area (Å²) in [6.07, 6.45) is 1.91. The van der Waals surface area contributed by atoms with Crippen LogP contribution in [0.1, 0.15) is 5.56 Å². The summed E-state index contributed by atoms with van der Waals surface area (Å²) in [6.45, 7) is 0.694. The molecule has 0 aliphatic heterocycles. The Bertz CT molecular complexity index is 848. The van der Waals surface area contributed by atoms with Crippen LogP contribution in [0.2, 0.25) is 5.02 Å². The van der Waals surface area contributed by atoms with Crippen molar-refractivity contribution >= 4 is 56.4 Å². The van der Waals surface area contributed by atoms with Gasteiger partial charge in [-0.1, -0.05) is 51.8 Å². The highest BCUT2D eigenvalue weighted by molar-refractivity contribution is 9.10. The van der Waals surface area contributed by atoms with Gasteiger partial charge < -0.3 is 10.6 Å². The molecule has 0 fully saturated rings. The van der Waals surface area contributed by atoms with Crippen molar-refractivity contribution in [2.75, 3.05) is 10.6 Å². The number of nitrogens with one attached hydrogen (secondary N) is 2. The maximum Gasteiger partial charge on any atom is 0.176 e. The van der Waals surface area contributed by atoms with Crippen LogP contribution in [0.4, 0.5) is 11.5 Å². The molecule has 7 heteroatoms. The van der Waals surface area contributed by atoms with Gasteiger partial charge in [0, 0.05) is 16.7 Å². The molecule has 0 aliphatic rings. The Kier molecular flexibility index (Phi) is 5.50. The van der Waals surface area contributed by atoms with Crippen LogP contribution in [0.15, 0.2) is 65.3 Å². The van der Waals surface area contributed by atoms with Gasteiger partial charge in [-0.05, 0) is 42.0 Å². The highest BCUT2D eigenvalue weighted by atomic mass is 79.9. The van der Waals surface area contributed by atoms with E-state index < -0.39 is 0 Å². The summed E-state index contributed by atoms with van der Waals surface area (Å²) in [4.78, 5) is 0. The first-order valence-electron chi connectivity index (χ1n) is 7.20. The molecule has 4 nitrogen and oxygen atoms in total. The van der Waals surface area contributed by atoms with Gasteiger partial charge in [0.25, 0.3) is 0 Å². The minimum absolute atomic E-state index is 0.442. The van der Waals surface area contributed by atoms with Crippen LogP contribution in [0.5, 0.6) is 0 Å². The van der Waals surface area contributed by atoms with Crippen molar-refractivity contribution in [1.29, 1.82) is 0 Å². The normalized spacial score (nSPS) is 10.4. The molecule has 0 unspecified atom stereocenters. The van der Waals surface area contributed by atoms with E-state index >= 15 is 0 Å². The number of thiocarbonyl (C=S) groups is 1. The molecule has 2 N–H and O–H groups in total. The van der Waals surface area contributed by atoms with Crippen LogP contribution in [0.25, 0.3) is 0 Å². The number of anilines is 2. The zero-order chi connectivity index (χ0) is 16.9. The molecular formula is C17H14BrClN4S. The Morgan fingerprint density at radius 2 is 1.83 bits per heavy atom. The highest BCUT2D eigenvalue weighted by Gasteiger charge is 2.05. The molecule has 0 saturated heterocycles. The van der Waals surface area contributed by atoms with Crippen molar-refractivity contribution in [1.82, 2.24) is 9.78 Å². The molecule has 1 aromatic heterocycles. The number of benzene rings is 2. The molecule has 0 amide bonds. The number of hydrogen-bond donors (Lipinski definition) is 2. The van der Waals surface area contributed by atoms with E-state index in [-0.39, 0.29) is 0 Å². The van der Waals surface area contributed by atoms with E-state index in [2.05, 4.69) is 43.8 Å². The van der Waals surface area contributed by atoms with Crippen molar-refractivity contribution in [3.05, 3.63) is 75.9 Å². The average molecular weight is 422 g/mol. The minimum atomic E-state index is 0.442. The predicted octanol–water partition coefficient (Wildman–Crippen LogP) is 5.16. The lowest BCUT2D eigenvalue weighted by molar-refractivity contribution is 0.690. The molecular weight excluding hydrogens is 408 g/mol. The van der Waals surface area contributed by atoms with E-state index in [0.717, 1.165) is 10.2 Å². The molecule has 0 aliphatic carbocycles. The Balaban J connectivity index is 1.60. The summed E-state index contributed by atoms with van der Waals surface area (Å²) in [5.74, 6) is 0.677. The van der Waals surface area contributed by atoms with Crippen molar-refractivity contribution in [3.63, 3.8) is 0 Å². The van der Waals surface area contributed by atoms with Gasteiger partial charge in [-0.15, -0.1) is 0 Å². The minimum Gasteiger partial charge on any atom is -0.331 e. The van der Waals surface area contributed by atoms with E-state index in [4.69, 9.17) is 23.8 Å². The third kappa shape index (κ3) is 4.56. The van der Waals surface area contributed by atoms with E-state index in [0.29, 0.717) is 22.5 Å².